The van der Waals surface area contributed by atoms with E-state index >= 15 is 0 Å². The van der Waals surface area contributed by atoms with Crippen molar-refractivity contribution in [2.75, 3.05) is 0 Å². The molecule has 8 nitrogen and oxygen atoms in total. The van der Waals surface area contributed by atoms with Gasteiger partial charge in [-0.15, -0.1) is 0 Å². The second-order valence-corrected chi connectivity index (χ2v) is 5.79. The van der Waals surface area contributed by atoms with E-state index in [1.165, 1.54) is 24.4 Å². The number of aliphatic imine (C=N–C) groups is 2. The summed E-state index contributed by atoms with van der Waals surface area (Å²) in [4.78, 5) is 30.3. The number of rotatable bonds is 3. The molecule has 0 aliphatic carbocycles. The Morgan fingerprint density at radius 3 is 2.68 bits per heavy atom. The van der Waals surface area contributed by atoms with E-state index in [-0.39, 0.29) is 11.4 Å². The van der Waals surface area contributed by atoms with E-state index in [4.69, 9.17) is 10.5 Å². The van der Waals surface area contributed by atoms with Crippen LogP contribution < -0.4 is 5.73 Å². The van der Waals surface area contributed by atoms with Gasteiger partial charge < -0.3 is 4.74 Å². The third-order valence-electron chi connectivity index (χ3n) is 2.76. The first-order valence-corrected chi connectivity index (χ1v) is 6.53. The zero-order chi connectivity index (χ0) is 16.5. The van der Waals surface area contributed by atoms with Gasteiger partial charge in [0.2, 0.25) is 5.79 Å². The maximum atomic E-state index is 11.9. The minimum atomic E-state index is -1.56. The standard InChI is InChI=1S/C14H16N4O4/c1-13(2,3)22-12(19)11-8-16-14(15,17-11)9-5-4-6-10(7-9)18(20)21/h4-8H,15H2,1-3H3. The molecule has 116 valence electrons. The van der Waals surface area contributed by atoms with Crippen LogP contribution in [0.15, 0.2) is 34.3 Å². The van der Waals surface area contributed by atoms with Gasteiger partial charge in [0.15, 0.2) is 5.71 Å². The van der Waals surface area contributed by atoms with Crippen molar-refractivity contribution in [2.24, 2.45) is 15.7 Å². The average molecular weight is 304 g/mol. The molecule has 0 aromatic heterocycles. The van der Waals surface area contributed by atoms with Crippen LogP contribution in [0.1, 0.15) is 26.3 Å². The van der Waals surface area contributed by atoms with Crippen LogP contribution in [0, 0.1) is 10.1 Å². The van der Waals surface area contributed by atoms with Crippen LogP contribution in [-0.4, -0.2) is 28.4 Å². The Hall–Kier alpha value is -2.61. The molecular formula is C14H16N4O4. The highest BCUT2D eigenvalue weighted by Gasteiger charge is 2.34. The molecule has 8 heteroatoms. The van der Waals surface area contributed by atoms with E-state index in [0.717, 1.165) is 0 Å². The topological polar surface area (TPSA) is 120 Å². The van der Waals surface area contributed by atoms with E-state index in [9.17, 15) is 14.9 Å². The Bertz CT molecular complexity index is 690. The van der Waals surface area contributed by atoms with Crippen LogP contribution in [0.25, 0.3) is 0 Å². The molecule has 1 aromatic carbocycles. The Morgan fingerprint density at radius 2 is 2.09 bits per heavy atom. The third-order valence-corrected chi connectivity index (χ3v) is 2.76. The number of esters is 1. The van der Waals surface area contributed by atoms with Crippen molar-refractivity contribution < 1.29 is 14.5 Å². The molecule has 2 rings (SSSR count). The van der Waals surface area contributed by atoms with Crippen molar-refractivity contribution in [2.45, 2.75) is 32.2 Å². The summed E-state index contributed by atoms with van der Waals surface area (Å²) < 4.78 is 5.19. The van der Waals surface area contributed by atoms with Gasteiger partial charge >= 0.3 is 5.97 Å². The predicted octanol–water partition coefficient (Wildman–Crippen LogP) is 1.53. The molecule has 0 spiro atoms. The van der Waals surface area contributed by atoms with Crippen LogP contribution >= 0.6 is 0 Å². The molecule has 22 heavy (non-hydrogen) atoms. The molecule has 1 heterocycles. The number of nitrogens with zero attached hydrogens (tertiary/aromatic N) is 3. The van der Waals surface area contributed by atoms with E-state index < -0.39 is 22.3 Å². The molecule has 0 bridgehead atoms. The molecule has 0 radical (unpaired) electrons. The molecule has 1 atom stereocenters. The van der Waals surface area contributed by atoms with E-state index in [1.807, 2.05) is 0 Å². The van der Waals surface area contributed by atoms with E-state index in [0.29, 0.717) is 5.56 Å². The van der Waals surface area contributed by atoms with Gasteiger partial charge in [-0.25, -0.2) is 14.8 Å². The Balaban J connectivity index is 2.30. The first kappa shape index (κ1) is 15.8. The van der Waals surface area contributed by atoms with Crippen molar-refractivity contribution in [3.8, 4) is 0 Å². The lowest BCUT2D eigenvalue weighted by Crippen LogP contribution is -2.32. The highest BCUT2D eigenvalue weighted by Crippen LogP contribution is 2.27. The number of hydrogen-bond acceptors (Lipinski definition) is 7. The molecule has 0 saturated carbocycles. The van der Waals surface area contributed by atoms with Gasteiger partial charge in [-0.2, -0.15) is 0 Å². The van der Waals surface area contributed by atoms with Crippen LogP contribution in [-0.2, 0) is 15.3 Å². The maximum absolute atomic E-state index is 11.9. The molecule has 1 unspecified atom stereocenters. The lowest BCUT2D eigenvalue weighted by Gasteiger charge is -2.19. The average Bonchev–Trinajstić information content (AvgIpc) is 2.81. The van der Waals surface area contributed by atoms with Crippen molar-refractivity contribution in [1.29, 1.82) is 0 Å². The number of nitro groups is 1. The lowest BCUT2D eigenvalue weighted by molar-refractivity contribution is -0.385. The lowest BCUT2D eigenvalue weighted by atomic mass is 10.1. The molecule has 1 aromatic rings. The van der Waals surface area contributed by atoms with Gasteiger partial charge in [0.05, 0.1) is 11.1 Å². The molecular weight excluding hydrogens is 288 g/mol. The summed E-state index contributed by atoms with van der Waals surface area (Å²) in [6.45, 7) is 5.19. The monoisotopic (exact) mass is 304 g/mol. The second kappa shape index (κ2) is 5.30. The largest absolute Gasteiger partial charge is 0.455 e. The number of ether oxygens (including phenoxy) is 1. The molecule has 0 amide bonds. The van der Waals surface area contributed by atoms with Crippen LogP contribution in [0.4, 0.5) is 5.69 Å². The van der Waals surface area contributed by atoms with E-state index in [2.05, 4.69) is 9.98 Å². The summed E-state index contributed by atoms with van der Waals surface area (Å²) in [5.74, 6) is -2.20. The Labute approximate surface area is 126 Å². The van der Waals surface area contributed by atoms with Crippen LogP contribution in [0.3, 0.4) is 0 Å². The van der Waals surface area contributed by atoms with Gasteiger partial charge in [0, 0.05) is 17.7 Å². The van der Waals surface area contributed by atoms with Crippen molar-refractivity contribution >= 4 is 23.6 Å². The first-order chi connectivity index (χ1) is 10.1. The first-order valence-electron chi connectivity index (χ1n) is 6.53. The quantitative estimate of drug-likeness (QED) is 0.515. The second-order valence-electron chi connectivity index (χ2n) is 5.79. The van der Waals surface area contributed by atoms with Gasteiger partial charge in [-0.1, -0.05) is 12.1 Å². The molecule has 2 N–H and O–H groups in total. The maximum Gasteiger partial charge on any atom is 0.358 e. The van der Waals surface area contributed by atoms with Crippen LogP contribution in [0.2, 0.25) is 0 Å². The number of carbonyl (C=O) groups excluding carboxylic acids is 1. The molecule has 0 fully saturated rings. The predicted molar refractivity (Wildman–Crippen MR) is 80.7 cm³/mol. The summed E-state index contributed by atoms with van der Waals surface area (Å²) in [5, 5.41) is 10.8. The number of nitrogens with two attached hydrogens (primary N) is 1. The van der Waals surface area contributed by atoms with Crippen molar-refractivity contribution in [3.63, 3.8) is 0 Å². The zero-order valence-corrected chi connectivity index (χ0v) is 12.4. The summed E-state index contributed by atoms with van der Waals surface area (Å²) in [5.41, 5.74) is 5.52. The highest BCUT2D eigenvalue weighted by molar-refractivity contribution is 6.60. The Morgan fingerprint density at radius 1 is 1.41 bits per heavy atom. The van der Waals surface area contributed by atoms with E-state index in [1.54, 1.807) is 26.8 Å². The fourth-order valence-electron chi connectivity index (χ4n) is 1.82. The van der Waals surface area contributed by atoms with Crippen LogP contribution in [0.5, 0.6) is 0 Å². The zero-order valence-electron chi connectivity index (χ0n) is 12.4. The normalized spacial score (nSPS) is 20.6. The molecule has 0 saturated heterocycles. The number of nitro benzene ring substituents is 1. The third kappa shape index (κ3) is 3.34. The minimum absolute atomic E-state index is 0.0241. The minimum Gasteiger partial charge on any atom is -0.455 e. The number of carbonyl (C=O) groups is 1. The van der Waals surface area contributed by atoms with Gasteiger partial charge in [-0.3, -0.25) is 15.8 Å². The summed E-state index contributed by atoms with van der Waals surface area (Å²) >= 11 is 0. The number of benzene rings is 1. The van der Waals surface area contributed by atoms with Crippen molar-refractivity contribution in [3.05, 3.63) is 39.9 Å². The summed E-state index contributed by atoms with van der Waals surface area (Å²) in [7, 11) is 0. The fourth-order valence-corrected chi connectivity index (χ4v) is 1.82. The molecule has 1 aliphatic rings. The SMILES string of the molecule is CC(C)(C)OC(=O)C1=NC(N)(c2cccc([N+](=O)[O-])c2)N=C1. The Kier molecular flexibility index (Phi) is 3.80. The fraction of sp³-hybridized carbons (Fsp3) is 0.357. The number of non-ortho nitro benzene ring substituents is 1. The van der Waals surface area contributed by atoms with Gasteiger partial charge in [0.1, 0.15) is 5.60 Å². The smallest absolute Gasteiger partial charge is 0.358 e. The van der Waals surface area contributed by atoms with Gasteiger partial charge in [0.25, 0.3) is 5.69 Å². The summed E-state index contributed by atoms with van der Waals surface area (Å²) in [6.07, 6.45) is 1.22. The highest BCUT2D eigenvalue weighted by atomic mass is 16.6. The van der Waals surface area contributed by atoms with Gasteiger partial charge in [-0.05, 0) is 20.8 Å². The molecule has 1 aliphatic heterocycles. The van der Waals surface area contributed by atoms with Crippen molar-refractivity contribution in [1.82, 2.24) is 0 Å². The number of hydrogen-bond donors (Lipinski definition) is 1. The summed E-state index contributed by atoms with van der Waals surface area (Å²) in [6, 6.07) is 5.66.